The van der Waals surface area contributed by atoms with Crippen molar-refractivity contribution < 1.29 is 33.6 Å². The second-order valence-corrected chi connectivity index (χ2v) is 7.69. The molecular formula is C22H22O7. The molecule has 0 spiro atoms. The van der Waals surface area contributed by atoms with E-state index >= 15 is 0 Å². The molecule has 2 heterocycles. The summed E-state index contributed by atoms with van der Waals surface area (Å²) in [5, 5.41) is 10.3. The highest BCUT2D eigenvalue weighted by molar-refractivity contribution is 5.79. The summed E-state index contributed by atoms with van der Waals surface area (Å²) in [6, 6.07) is 7.50. The Kier molecular flexibility index (Phi) is 4.01. The highest BCUT2D eigenvalue weighted by atomic mass is 16.7. The quantitative estimate of drug-likeness (QED) is 0.795. The SMILES string of the molecule is COc1cc([C@@H]2c3cc4c(cc3C(C)[C@H]3COC(=O)[C@H]23)OCO4)cc(OC)c1O. The summed E-state index contributed by atoms with van der Waals surface area (Å²) in [6.07, 6.45) is 0. The molecule has 1 fully saturated rings. The molecule has 1 saturated heterocycles. The van der Waals surface area contributed by atoms with Gasteiger partial charge in [-0.1, -0.05) is 6.92 Å². The van der Waals surface area contributed by atoms with Gasteiger partial charge in [-0.15, -0.1) is 0 Å². The monoisotopic (exact) mass is 398 g/mol. The van der Waals surface area contributed by atoms with Gasteiger partial charge < -0.3 is 28.8 Å². The molecule has 3 aliphatic rings. The van der Waals surface area contributed by atoms with E-state index in [1.165, 1.54) is 14.2 Å². The fourth-order valence-corrected chi connectivity index (χ4v) is 4.93. The summed E-state index contributed by atoms with van der Waals surface area (Å²) < 4.78 is 27.4. The Labute approximate surface area is 168 Å². The minimum Gasteiger partial charge on any atom is -0.502 e. The first kappa shape index (κ1) is 18.0. The lowest BCUT2D eigenvalue weighted by Gasteiger charge is -2.37. The van der Waals surface area contributed by atoms with Crippen LogP contribution in [0.25, 0.3) is 0 Å². The van der Waals surface area contributed by atoms with Gasteiger partial charge in [0.05, 0.1) is 26.7 Å². The van der Waals surface area contributed by atoms with E-state index in [4.69, 9.17) is 23.7 Å². The van der Waals surface area contributed by atoms with Crippen LogP contribution in [-0.2, 0) is 9.53 Å². The molecule has 7 heteroatoms. The van der Waals surface area contributed by atoms with E-state index in [-0.39, 0.29) is 42.2 Å². The maximum atomic E-state index is 12.8. The Morgan fingerprint density at radius 3 is 2.21 bits per heavy atom. The minimum atomic E-state index is -0.336. The number of hydrogen-bond acceptors (Lipinski definition) is 7. The molecule has 0 amide bonds. The molecule has 1 N–H and O–H groups in total. The number of rotatable bonds is 3. The molecule has 152 valence electrons. The lowest BCUT2D eigenvalue weighted by molar-refractivity contribution is -0.141. The lowest BCUT2D eigenvalue weighted by atomic mass is 9.63. The van der Waals surface area contributed by atoms with Crippen LogP contribution >= 0.6 is 0 Å². The first-order chi connectivity index (χ1) is 14.0. The van der Waals surface area contributed by atoms with Crippen molar-refractivity contribution in [1.82, 2.24) is 0 Å². The Bertz CT molecular complexity index is 974. The first-order valence-corrected chi connectivity index (χ1v) is 9.58. The summed E-state index contributed by atoms with van der Waals surface area (Å²) >= 11 is 0. The Hall–Kier alpha value is -3.09. The summed E-state index contributed by atoms with van der Waals surface area (Å²) in [7, 11) is 2.97. The van der Waals surface area contributed by atoms with E-state index in [1.807, 2.05) is 12.1 Å². The number of benzene rings is 2. The van der Waals surface area contributed by atoms with Crippen LogP contribution in [0, 0.1) is 11.8 Å². The van der Waals surface area contributed by atoms with Gasteiger partial charge in [0.25, 0.3) is 0 Å². The van der Waals surface area contributed by atoms with Gasteiger partial charge in [-0.3, -0.25) is 4.79 Å². The zero-order valence-electron chi connectivity index (χ0n) is 16.4. The van der Waals surface area contributed by atoms with Crippen molar-refractivity contribution in [2.24, 2.45) is 11.8 Å². The van der Waals surface area contributed by atoms with Gasteiger partial charge in [-0.2, -0.15) is 0 Å². The van der Waals surface area contributed by atoms with Crippen LogP contribution in [0.2, 0.25) is 0 Å². The highest BCUT2D eigenvalue weighted by Crippen LogP contribution is 2.55. The number of aromatic hydroxyl groups is 1. The van der Waals surface area contributed by atoms with Crippen LogP contribution in [0.15, 0.2) is 24.3 Å². The van der Waals surface area contributed by atoms with Crippen molar-refractivity contribution >= 4 is 5.97 Å². The molecule has 0 bridgehead atoms. The standard InChI is InChI=1S/C22H22O7/c1-10-12-6-15-16(29-9-28-15)7-13(12)19(20-14(10)8-27-22(20)24)11-4-17(25-2)21(23)18(5-11)26-3/h4-7,10,14,19-20,23H,8-9H2,1-3H3/t10?,14-,19-,20+/m1/s1. The molecule has 2 aromatic rings. The van der Waals surface area contributed by atoms with Gasteiger partial charge in [0.1, 0.15) is 0 Å². The summed E-state index contributed by atoms with van der Waals surface area (Å²) in [4.78, 5) is 12.8. The van der Waals surface area contributed by atoms with Gasteiger partial charge in [0.15, 0.2) is 23.0 Å². The predicted molar refractivity (Wildman–Crippen MR) is 102 cm³/mol. The topological polar surface area (TPSA) is 83.5 Å². The molecule has 5 rings (SSSR count). The number of esters is 1. The van der Waals surface area contributed by atoms with Gasteiger partial charge in [0.2, 0.25) is 12.5 Å². The van der Waals surface area contributed by atoms with E-state index in [0.717, 1.165) is 22.4 Å². The van der Waals surface area contributed by atoms with Gasteiger partial charge in [0, 0.05) is 11.8 Å². The molecule has 7 nitrogen and oxygen atoms in total. The van der Waals surface area contributed by atoms with Gasteiger partial charge in [-0.25, -0.2) is 0 Å². The number of carbonyl (C=O) groups is 1. The predicted octanol–water partition coefficient (Wildman–Crippen LogP) is 3.18. The first-order valence-electron chi connectivity index (χ1n) is 9.58. The van der Waals surface area contributed by atoms with Crippen molar-refractivity contribution in [1.29, 1.82) is 0 Å². The van der Waals surface area contributed by atoms with Crippen molar-refractivity contribution in [3.63, 3.8) is 0 Å². The zero-order chi connectivity index (χ0) is 20.3. The third-order valence-electron chi connectivity index (χ3n) is 6.42. The Morgan fingerprint density at radius 1 is 0.966 bits per heavy atom. The summed E-state index contributed by atoms with van der Waals surface area (Å²) in [5.41, 5.74) is 2.93. The lowest BCUT2D eigenvalue weighted by Crippen LogP contribution is -2.33. The highest BCUT2D eigenvalue weighted by Gasteiger charge is 2.51. The van der Waals surface area contributed by atoms with Crippen LogP contribution in [0.4, 0.5) is 0 Å². The molecule has 0 saturated carbocycles. The summed E-state index contributed by atoms with van der Waals surface area (Å²) in [5.74, 6) is 1.27. The second-order valence-electron chi connectivity index (χ2n) is 7.69. The fraction of sp³-hybridized carbons (Fsp3) is 0.409. The van der Waals surface area contributed by atoms with Crippen LogP contribution < -0.4 is 18.9 Å². The number of phenols is 1. The normalized spacial score (nSPS) is 26.5. The van der Waals surface area contributed by atoms with Gasteiger partial charge >= 0.3 is 5.97 Å². The maximum absolute atomic E-state index is 12.8. The summed E-state index contributed by atoms with van der Waals surface area (Å²) in [6.45, 7) is 2.70. The number of hydrogen-bond donors (Lipinski definition) is 1. The van der Waals surface area contributed by atoms with Crippen molar-refractivity contribution in [3.8, 4) is 28.7 Å². The molecule has 1 unspecified atom stereocenters. The molecular weight excluding hydrogens is 376 g/mol. The van der Waals surface area contributed by atoms with Crippen LogP contribution in [0.3, 0.4) is 0 Å². The van der Waals surface area contributed by atoms with E-state index in [0.29, 0.717) is 23.9 Å². The largest absolute Gasteiger partial charge is 0.502 e. The van der Waals surface area contributed by atoms with Crippen LogP contribution in [0.5, 0.6) is 28.7 Å². The van der Waals surface area contributed by atoms with Crippen molar-refractivity contribution in [2.45, 2.75) is 18.8 Å². The second kappa shape index (κ2) is 6.47. The molecule has 2 aliphatic heterocycles. The van der Waals surface area contributed by atoms with E-state index < -0.39 is 0 Å². The van der Waals surface area contributed by atoms with Crippen LogP contribution in [-0.4, -0.2) is 38.7 Å². The number of carbonyl (C=O) groups excluding carboxylic acids is 1. The fourth-order valence-electron chi connectivity index (χ4n) is 4.93. The Morgan fingerprint density at radius 2 is 1.59 bits per heavy atom. The maximum Gasteiger partial charge on any atom is 0.310 e. The molecule has 2 aromatic carbocycles. The number of phenolic OH excluding ortho intramolecular Hbond substituents is 1. The number of ether oxygens (including phenoxy) is 5. The molecule has 1 aliphatic carbocycles. The van der Waals surface area contributed by atoms with Crippen LogP contribution in [0.1, 0.15) is 35.4 Å². The van der Waals surface area contributed by atoms with Gasteiger partial charge in [-0.05, 0) is 46.9 Å². The van der Waals surface area contributed by atoms with Crippen molar-refractivity contribution in [2.75, 3.05) is 27.6 Å². The third-order valence-corrected chi connectivity index (χ3v) is 6.42. The van der Waals surface area contributed by atoms with Crippen molar-refractivity contribution in [3.05, 3.63) is 41.0 Å². The number of cyclic esters (lactones) is 1. The number of methoxy groups -OCH3 is 2. The molecule has 4 atom stereocenters. The minimum absolute atomic E-state index is 0.0474. The average molecular weight is 398 g/mol. The molecule has 0 radical (unpaired) electrons. The Balaban J connectivity index is 1.75. The zero-order valence-corrected chi connectivity index (χ0v) is 16.4. The smallest absolute Gasteiger partial charge is 0.310 e. The third kappa shape index (κ3) is 2.53. The van der Waals surface area contributed by atoms with E-state index in [1.54, 1.807) is 12.1 Å². The molecule has 0 aromatic heterocycles. The van der Waals surface area contributed by atoms with E-state index in [9.17, 15) is 9.90 Å². The average Bonchev–Trinajstić information content (AvgIpc) is 3.34. The number of fused-ring (bicyclic) bond motifs is 3. The van der Waals surface area contributed by atoms with E-state index in [2.05, 4.69) is 6.92 Å². The molecule has 29 heavy (non-hydrogen) atoms.